The first-order valence-electron chi connectivity index (χ1n) is 9.84. The van der Waals surface area contributed by atoms with Crippen molar-refractivity contribution in [1.82, 2.24) is 25.3 Å². The van der Waals surface area contributed by atoms with Crippen LogP contribution >= 0.6 is 11.3 Å². The zero-order valence-corrected chi connectivity index (χ0v) is 17.7. The fourth-order valence-corrected chi connectivity index (χ4v) is 4.99. The van der Waals surface area contributed by atoms with Crippen molar-refractivity contribution < 1.29 is 9.90 Å². The lowest BCUT2D eigenvalue weighted by Gasteiger charge is -2.08. The standard InChI is InChI=1S/C20H25N5O3S/c1-10-13(11(2)23-22-10)9-14-15(19(27)21-7-4-8-26)16-18(29-14)17(12-5-6-12)24-25(3)20(16)28/h12,26H,4-9H2,1-3H3,(H,21,27)(H,22,23). The molecule has 1 amide bonds. The largest absolute Gasteiger partial charge is 0.396 e. The summed E-state index contributed by atoms with van der Waals surface area (Å²) in [6.45, 7) is 4.25. The van der Waals surface area contributed by atoms with E-state index in [1.807, 2.05) is 13.8 Å². The van der Waals surface area contributed by atoms with Gasteiger partial charge in [0.05, 0.1) is 27.0 Å². The molecule has 29 heavy (non-hydrogen) atoms. The summed E-state index contributed by atoms with van der Waals surface area (Å²) in [4.78, 5) is 26.9. The van der Waals surface area contributed by atoms with Gasteiger partial charge in [-0.1, -0.05) is 0 Å². The molecule has 4 rings (SSSR count). The van der Waals surface area contributed by atoms with E-state index >= 15 is 0 Å². The van der Waals surface area contributed by atoms with E-state index in [0.29, 0.717) is 36.3 Å². The molecule has 3 aromatic rings. The van der Waals surface area contributed by atoms with E-state index in [-0.39, 0.29) is 18.1 Å². The number of thiophene rings is 1. The molecule has 3 N–H and O–H groups in total. The molecule has 9 heteroatoms. The zero-order valence-electron chi connectivity index (χ0n) is 16.8. The molecule has 8 nitrogen and oxygen atoms in total. The van der Waals surface area contributed by atoms with Crippen LogP contribution in [0.25, 0.3) is 10.1 Å². The quantitative estimate of drug-likeness (QED) is 0.510. The average Bonchev–Trinajstić information content (AvgIpc) is 3.40. The highest BCUT2D eigenvalue weighted by atomic mass is 32.1. The third-order valence-electron chi connectivity index (χ3n) is 5.41. The number of rotatable bonds is 7. The van der Waals surface area contributed by atoms with Gasteiger partial charge in [0, 0.05) is 48.7 Å². The van der Waals surface area contributed by atoms with E-state index in [1.165, 1.54) is 16.0 Å². The van der Waals surface area contributed by atoms with Gasteiger partial charge in [-0.3, -0.25) is 14.7 Å². The highest BCUT2D eigenvalue weighted by Gasteiger charge is 2.32. The number of aryl methyl sites for hydroxylation is 3. The Labute approximate surface area is 172 Å². The van der Waals surface area contributed by atoms with Crippen LogP contribution in [0.2, 0.25) is 0 Å². The van der Waals surface area contributed by atoms with Gasteiger partial charge in [-0.05, 0) is 33.1 Å². The van der Waals surface area contributed by atoms with Crippen molar-refractivity contribution in [2.75, 3.05) is 13.2 Å². The molecule has 1 aliphatic carbocycles. The van der Waals surface area contributed by atoms with Gasteiger partial charge in [0.1, 0.15) is 0 Å². The third-order valence-corrected chi connectivity index (χ3v) is 6.62. The molecule has 3 aromatic heterocycles. The number of hydrogen-bond acceptors (Lipinski definition) is 6. The van der Waals surface area contributed by atoms with Gasteiger partial charge in [0.2, 0.25) is 0 Å². The molecule has 1 fully saturated rings. The van der Waals surface area contributed by atoms with Crippen molar-refractivity contribution >= 4 is 27.3 Å². The summed E-state index contributed by atoms with van der Waals surface area (Å²) in [5, 5.41) is 24.1. The van der Waals surface area contributed by atoms with E-state index in [1.54, 1.807) is 7.05 Å². The van der Waals surface area contributed by atoms with Crippen LogP contribution in [0.1, 0.15) is 63.1 Å². The molecule has 0 bridgehead atoms. The number of carbonyl (C=O) groups excluding carboxylic acids is 1. The van der Waals surface area contributed by atoms with Gasteiger partial charge in [-0.25, -0.2) is 4.68 Å². The van der Waals surface area contributed by atoms with Crippen molar-refractivity contribution in [2.45, 2.75) is 45.4 Å². The number of H-pyrrole nitrogens is 1. The predicted octanol–water partition coefficient (Wildman–Crippen LogP) is 1.92. The van der Waals surface area contributed by atoms with Crippen LogP contribution in [0.15, 0.2) is 4.79 Å². The molecule has 0 aliphatic heterocycles. The Morgan fingerprint density at radius 2 is 2.14 bits per heavy atom. The summed E-state index contributed by atoms with van der Waals surface area (Å²) in [6.07, 6.45) is 3.12. The Morgan fingerprint density at radius 3 is 2.76 bits per heavy atom. The summed E-state index contributed by atoms with van der Waals surface area (Å²) in [5.74, 6) is 0.0852. The smallest absolute Gasteiger partial charge is 0.276 e. The molecule has 154 valence electrons. The second-order valence-corrected chi connectivity index (χ2v) is 8.72. The number of carbonyl (C=O) groups is 1. The van der Waals surface area contributed by atoms with Crippen LogP contribution in [0.3, 0.4) is 0 Å². The number of fused-ring (bicyclic) bond motifs is 1. The van der Waals surface area contributed by atoms with Crippen LogP contribution in [0.4, 0.5) is 0 Å². The monoisotopic (exact) mass is 415 g/mol. The molecule has 0 saturated heterocycles. The molecule has 0 radical (unpaired) electrons. The van der Waals surface area contributed by atoms with Crippen molar-refractivity contribution in [3.63, 3.8) is 0 Å². The maximum Gasteiger partial charge on any atom is 0.276 e. The summed E-state index contributed by atoms with van der Waals surface area (Å²) in [6, 6.07) is 0. The maximum atomic E-state index is 13.1. The second kappa shape index (κ2) is 7.72. The van der Waals surface area contributed by atoms with Crippen molar-refractivity contribution in [1.29, 1.82) is 0 Å². The van der Waals surface area contributed by atoms with Crippen LogP contribution in [-0.2, 0) is 13.5 Å². The summed E-state index contributed by atoms with van der Waals surface area (Å²) < 4.78 is 2.18. The molecule has 0 atom stereocenters. The molecule has 0 aromatic carbocycles. The van der Waals surface area contributed by atoms with Gasteiger partial charge in [0.25, 0.3) is 11.5 Å². The van der Waals surface area contributed by atoms with Crippen LogP contribution < -0.4 is 10.9 Å². The molecule has 0 unspecified atom stereocenters. The third kappa shape index (κ3) is 3.60. The van der Waals surface area contributed by atoms with Crippen LogP contribution in [0, 0.1) is 13.8 Å². The maximum absolute atomic E-state index is 13.1. The molecule has 1 saturated carbocycles. The summed E-state index contributed by atoms with van der Waals surface area (Å²) >= 11 is 1.50. The number of amides is 1. The van der Waals surface area contributed by atoms with E-state index < -0.39 is 0 Å². The second-order valence-electron chi connectivity index (χ2n) is 7.62. The average molecular weight is 416 g/mol. The van der Waals surface area contributed by atoms with Crippen molar-refractivity contribution in [3.05, 3.63) is 43.4 Å². The van der Waals surface area contributed by atoms with Gasteiger partial charge in [-0.15, -0.1) is 11.3 Å². The first kappa shape index (κ1) is 19.8. The summed E-state index contributed by atoms with van der Waals surface area (Å²) in [7, 11) is 1.64. The van der Waals surface area contributed by atoms with Gasteiger partial charge < -0.3 is 10.4 Å². The number of aromatic amines is 1. The molecule has 0 spiro atoms. The molecule has 1 aliphatic rings. The number of nitrogens with zero attached hydrogens (tertiary/aromatic N) is 3. The lowest BCUT2D eigenvalue weighted by atomic mass is 10.0. The van der Waals surface area contributed by atoms with E-state index in [4.69, 9.17) is 5.11 Å². The molecule has 3 heterocycles. The Balaban J connectivity index is 1.90. The van der Waals surface area contributed by atoms with E-state index in [9.17, 15) is 9.59 Å². The minimum absolute atomic E-state index is 0.00242. The lowest BCUT2D eigenvalue weighted by molar-refractivity contribution is 0.0952. The SMILES string of the molecule is Cc1n[nH]c(C)c1Cc1sc2c(C3CC3)nn(C)c(=O)c2c1C(=O)NCCCO. The van der Waals surface area contributed by atoms with Gasteiger partial charge >= 0.3 is 0 Å². The zero-order chi connectivity index (χ0) is 20.7. The predicted molar refractivity (Wildman–Crippen MR) is 112 cm³/mol. The van der Waals surface area contributed by atoms with Crippen molar-refractivity contribution in [3.8, 4) is 0 Å². The first-order valence-corrected chi connectivity index (χ1v) is 10.7. The number of aromatic nitrogens is 4. The van der Waals surface area contributed by atoms with Crippen LogP contribution in [0.5, 0.6) is 0 Å². The molecular formula is C20H25N5O3S. The number of nitrogens with one attached hydrogen (secondary N) is 2. The number of hydrogen-bond donors (Lipinski definition) is 3. The Morgan fingerprint density at radius 1 is 1.38 bits per heavy atom. The van der Waals surface area contributed by atoms with Crippen molar-refractivity contribution in [2.24, 2.45) is 7.05 Å². The molecular weight excluding hydrogens is 390 g/mol. The lowest BCUT2D eigenvalue weighted by Crippen LogP contribution is -2.28. The highest BCUT2D eigenvalue weighted by molar-refractivity contribution is 7.19. The highest BCUT2D eigenvalue weighted by Crippen LogP contribution is 2.44. The topological polar surface area (TPSA) is 113 Å². The normalized spacial score (nSPS) is 13.9. The fourth-order valence-electron chi connectivity index (χ4n) is 3.63. The van der Waals surface area contributed by atoms with E-state index in [2.05, 4.69) is 20.6 Å². The van der Waals surface area contributed by atoms with Crippen LogP contribution in [-0.4, -0.2) is 44.1 Å². The Bertz CT molecular complexity index is 1120. The minimum Gasteiger partial charge on any atom is -0.396 e. The number of aliphatic hydroxyl groups is 1. The minimum atomic E-state index is -0.274. The summed E-state index contributed by atoms with van der Waals surface area (Å²) in [5.41, 5.74) is 4.00. The Kier molecular flexibility index (Phi) is 5.26. The number of aliphatic hydroxyl groups excluding tert-OH is 1. The van der Waals surface area contributed by atoms with Gasteiger partial charge in [-0.2, -0.15) is 10.2 Å². The fraction of sp³-hybridized carbons (Fsp3) is 0.500. The first-order chi connectivity index (χ1) is 13.9. The van der Waals surface area contributed by atoms with E-state index in [0.717, 1.165) is 45.1 Å². The van der Waals surface area contributed by atoms with Gasteiger partial charge in [0.15, 0.2) is 0 Å². The Hall–Kier alpha value is -2.52.